The molecule has 0 fully saturated rings. The van der Waals surface area contributed by atoms with Crippen LogP contribution in [0.2, 0.25) is 0 Å². The maximum Gasteiger partial charge on any atom is 0.471 e. The Balaban J connectivity index is 3.71. The second-order valence-corrected chi connectivity index (χ2v) is 2.65. The zero-order chi connectivity index (χ0) is 10.5. The van der Waals surface area contributed by atoms with E-state index in [-0.39, 0.29) is 6.54 Å². The molecule has 1 amide bonds. The Kier molecular flexibility index (Phi) is 4.76. The molecule has 0 bridgehead atoms. The van der Waals surface area contributed by atoms with Gasteiger partial charge in [-0.15, -0.1) is 0 Å². The van der Waals surface area contributed by atoms with Crippen LogP contribution in [0.3, 0.4) is 0 Å². The summed E-state index contributed by atoms with van der Waals surface area (Å²) in [7, 11) is 0. The summed E-state index contributed by atoms with van der Waals surface area (Å²) >= 11 is 0. The summed E-state index contributed by atoms with van der Waals surface area (Å²) in [5, 5.41) is 10.6. The van der Waals surface area contributed by atoms with Gasteiger partial charge in [0, 0.05) is 6.54 Å². The summed E-state index contributed by atoms with van der Waals surface area (Å²) in [6.45, 7) is 1.43. The second-order valence-electron chi connectivity index (χ2n) is 2.65. The van der Waals surface area contributed by atoms with Gasteiger partial charge in [0.15, 0.2) is 0 Å². The van der Waals surface area contributed by atoms with E-state index in [1.165, 1.54) is 0 Å². The second kappa shape index (κ2) is 5.06. The highest BCUT2D eigenvalue weighted by Gasteiger charge is 2.38. The van der Waals surface area contributed by atoms with Crippen molar-refractivity contribution in [3.63, 3.8) is 0 Å². The molecule has 0 rings (SSSR count). The van der Waals surface area contributed by atoms with Gasteiger partial charge in [-0.05, 0) is 6.42 Å². The maximum atomic E-state index is 11.6. The smallest absolute Gasteiger partial charge is 0.391 e. The average molecular weight is 199 g/mol. The molecule has 0 aromatic rings. The van der Waals surface area contributed by atoms with Gasteiger partial charge in [-0.1, -0.05) is 13.3 Å². The predicted molar refractivity (Wildman–Crippen MR) is 40.0 cm³/mol. The van der Waals surface area contributed by atoms with Gasteiger partial charge in [0.05, 0.1) is 6.10 Å². The molecule has 0 aliphatic carbocycles. The minimum absolute atomic E-state index is 0.355. The summed E-state index contributed by atoms with van der Waals surface area (Å²) in [5.41, 5.74) is 0. The van der Waals surface area contributed by atoms with E-state index in [0.29, 0.717) is 12.8 Å². The SMILES string of the molecule is CCCC(O)CNC(=O)C(F)(F)F. The van der Waals surface area contributed by atoms with Crippen LogP contribution < -0.4 is 5.32 Å². The standard InChI is InChI=1S/C7H12F3NO2/c1-2-3-5(12)4-11-6(13)7(8,9)10/h5,12H,2-4H2,1H3,(H,11,13). The molecule has 2 N–H and O–H groups in total. The van der Waals surface area contributed by atoms with Gasteiger partial charge in [-0.2, -0.15) is 13.2 Å². The number of aliphatic hydroxyl groups excluding tert-OH is 1. The fraction of sp³-hybridized carbons (Fsp3) is 0.857. The summed E-state index contributed by atoms with van der Waals surface area (Å²) in [4.78, 5) is 10.2. The lowest BCUT2D eigenvalue weighted by molar-refractivity contribution is -0.174. The zero-order valence-electron chi connectivity index (χ0n) is 7.19. The quantitative estimate of drug-likeness (QED) is 0.704. The van der Waals surface area contributed by atoms with Crippen molar-refractivity contribution < 1.29 is 23.1 Å². The van der Waals surface area contributed by atoms with Crippen LogP contribution in [0.4, 0.5) is 13.2 Å². The van der Waals surface area contributed by atoms with Crippen LogP contribution in [0.1, 0.15) is 19.8 Å². The van der Waals surface area contributed by atoms with Gasteiger partial charge in [-0.3, -0.25) is 4.79 Å². The third kappa shape index (κ3) is 5.46. The van der Waals surface area contributed by atoms with Crippen molar-refractivity contribution in [3.8, 4) is 0 Å². The maximum absolute atomic E-state index is 11.6. The summed E-state index contributed by atoms with van der Waals surface area (Å²) < 4.78 is 34.8. The third-order valence-electron chi connectivity index (χ3n) is 1.38. The van der Waals surface area contributed by atoms with Gasteiger partial charge in [0.1, 0.15) is 0 Å². The van der Waals surface area contributed by atoms with E-state index in [2.05, 4.69) is 0 Å². The molecular formula is C7H12F3NO2. The Bertz CT molecular complexity index is 170. The molecule has 0 saturated heterocycles. The van der Waals surface area contributed by atoms with Crippen LogP contribution in [0.25, 0.3) is 0 Å². The molecule has 0 aromatic carbocycles. The molecule has 0 spiro atoms. The van der Waals surface area contributed by atoms with E-state index < -0.39 is 18.2 Å². The van der Waals surface area contributed by atoms with Crippen molar-refractivity contribution in [2.24, 2.45) is 0 Å². The van der Waals surface area contributed by atoms with Crippen molar-refractivity contribution >= 4 is 5.91 Å². The van der Waals surface area contributed by atoms with Crippen LogP contribution in [0.5, 0.6) is 0 Å². The first-order valence-corrected chi connectivity index (χ1v) is 3.91. The Morgan fingerprint density at radius 2 is 2.08 bits per heavy atom. The van der Waals surface area contributed by atoms with Crippen molar-refractivity contribution in [2.75, 3.05) is 6.54 Å². The highest BCUT2D eigenvalue weighted by molar-refractivity contribution is 5.81. The Hall–Kier alpha value is -0.780. The molecule has 0 aromatic heterocycles. The predicted octanol–water partition coefficient (Wildman–Crippen LogP) is 0.826. The number of amides is 1. The van der Waals surface area contributed by atoms with Gasteiger partial charge in [0.25, 0.3) is 0 Å². The van der Waals surface area contributed by atoms with E-state index >= 15 is 0 Å². The monoisotopic (exact) mass is 199 g/mol. The van der Waals surface area contributed by atoms with Crippen LogP contribution >= 0.6 is 0 Å². The van der Waals surface area contributed by atoms with E-state index in [0.717, 1.165) is 0 Å². The normalized spacial score (nSPS) is 13.9. The van der Waals surface area contributed by atoms with Crippen LogP contribution in [-0.2, 0) is 4.79 Å². The molecule has 6 heteroatoms. The molecule has 0 aliphatic heterocycles. The van der Waals surface area contributed by atoms with Crippen LogP contribution in [0.15, 0.2) is 0 Å². The van der Waals surface area contributed by atoms with Gasteiger partial charge in [-0.25, -0.2) is 0 Å². The number of rotatable bonds is 4. The zero-order valence-corrected chi connectivity index (χ0v) is 7.19. The Morgan fingerprint density at radius 3 is 2.46 bits per heavy atom. The van der Waals surface area contributed by atoms with Crippen molar-refractivity contribution in [3.05, 3.63) is 0 Å². The van der Waals surface area contributed by atoms with Crippen LogP contribution in [0, 0.1) is 0 Å². The average Bonchev–Trinajstić information content (AvgIpc) is 1.99. The van der Waals surface area contributed by atoms with Crippen LogP contribution in [-0.4, -0.2) is 29.8 Å². The highest BCUT2D eigenvalue weighted by atomic mass is 19.4. The van der Waals surface area contributed by atoms with Crippen molar-refractivity contribution in [1.82, 2.24) is 5.32 Å². The Morgan fingerprint density at radius 1 is 1.54 bits per heavy atom. The number of carbonyl (C=O) groups is 1. The van der Waals surface area contributed by atoms with Gasteiger partial charge in [0.2, 0.25) is 0 Å². The number of aliphatic hydroxyl groups is 1. The molecule has 3 nitrogen and oxygen atoms in total. The number of carbonyl (C=O) groups excluding carboxylic acids is 1. The molecular weight excluding hydrogens is 187 g/mol. The molecule has 0 radical (unpaired) electrons. The minimum Gasteiger partial charge on any atom is -0.391 e. The summed E-state index contributed by atoms with van der Waals surface area (Å²) in [6.07, 6.45) is -4.75. The molecule has 1 atom stereocenters. The number of nitrogens with one attached hydrogen (secondary N) is 1. The minimum atomic E-state index is -4.87. The Labute approximate surface area is 73.9 Å². The van der Waals surface area contributed by atoms with E-state index in [1.54, 1.807) is 12.2 Å². The van der Waals surface area contributed by atoms with Gasteiger partial charge >= 0.3 is 12.1 Å². The van der Waals surface area contributed by atoms with E-state index in [9.17, 15) is 18.0 Å². The molecule has 0 saturated carbocycles. The largest absolute Gasteiger partial charge is 0.471 e. The van der Waals surface area contributed by atoms with Crippen molar-refractivity contribution in [1.29, 1.82) is 0 Å². The molecule has 1 unspecified atom stereocenters. The van der Waals surface area contributed by atoms with Crippen molar-refractivity contribution in [2.45, 2.75) is 32.0 Å². The molecule has 78 valence electrons. The first kappa shape index (κ1) is 12.2. The topological polar surface area (TPSA) is 49.3 Å². The number of alkyl halides is 3. The first-order chi connectivity index (χ1) is 5.88. The number of halogens is 3. The lowest BCUT2D eigenvalue weighted by Crippen LogP contribution is -2.40. The number of hydrogen-bond acceptors (Lipinski definition) is 2. The summed E-state index contributed by atoms with van der Waals surface area (Å²) in [6, 6.07) is 0. The third-order valence-corrected chi connectivity index (χ3v) is 1.38. The highest BCUT2D eigenvalue weighted by Crippen LogP contribution is 2.13. The summed E-state index contributed by atoms with van der Waals surface area (Å²) in [5.74, 6) is -2.01. The van der Waals surface area contributed by atoms with Gasteiger partial charge < -0.3 is 10.4 Å². The lowest BCUT2D eigenvalue weighted by Gasteiger charge is -2.11. The fourth-order valence-corrected chi connectivity index (χ4v) is 0.746. The molecule has 0 aliphatic rings. The molecule has 0 heterocycles. The number of hydrogen-bond donors (Lipinski definition) is 2. The van der Waals surface area contributed by atoms with E-state index in [1.807, 2.05) is 0 Å². The van der Waals surface area contributed by atoms with E-state index in [4.69, 9.17) is 5.11 Å². The first-order valence-electron chi connectivity index (χ1n) is 3.91. The fourth-order valence-electron chi connectivity index (χ4n) is 0.746. The lowest BCUT2D eigenvalue weighted by atomic mass is 10.2. The molecule has 13 heavy (non-hydrogen) atoms.